The topological polar surface area (TPSA) is 163 Å². The predicted molar refractivity (Wildman–Crippen MR) is 136 cm³/mol. The molecule has 0 amide bonds. The van der Waals surface area contributed by atoms with Gasteiger partial charge in [0.2, 0.25) is 5.88 Å². The molecular weight excluding hydrogens is 613 g/mol. The van der Waals surface area contributed by atoms with Gasteiger partial charge in [-0.15, -0.1) is 0 Å². The molecular formula is C25H30F5N3O9S. The van der Waals surface area contributed by atoms with E-state index in [1.54, 1.807) is 6.92 Å². The van der Waals surface area contributed by atoms with Crippen LogP contribution in [0.4, 0.5) is 22.0 Å². The molecule has 2 aliphatic carbocycles. The molecule has 1 aromatic rings. The first-order valence-corrected chi connectivity index (χ1v) is 14.6. The average Bonchev–Trinajstić information content (AvgIpc) is 3.59. The lowest BCUT2D eigenvalue weighted by molar-refractivity contribution is -0.151. The monoisotopic (exact) mass is 643 g/mol. The van der Waals surface area contributed by atoms with E-state index in [9.17, 15) is 49.9 Å². The maximum absolute atomic E-state index is 13.1. The molecule has 43 heavy (non-hydrogen) atoms. The molecule has 0 bridgehead atoms. The highest BCUT2D eigenvalue weighted by Gasteiger charge is 2.44. The van der Waals surface area contributed by atoms with Crippen LogP contribution in [0.3, 0.4) is 0 Å². The molecule has 1 aliphatic heterocycles. The van der Waals surface area contributed by atoms with E-state index in [4.69, 9.17) is 9.57 Å². The van der Waals surface area contributed by atoms with Gasteiger partial charge in [-0.3, -0.25) is 14.4 Å². The number of ketones is 2. The summed E-state index contributed by atoms with van der Waals surface area (Å²) in [6, 6.07) is 0. The summed E-state index contributed by atoms with van der Waals surface area (Å²) in [4.78, 5) is 40.1. The van der Waals surface area contributed by atoms with Crippen LogP contribution in [0.2, 0.25) is 0 Å². The van der Waals surface area contributed by atoms with Gasteiger partial charge in [0.05, 0.1) is 29.4 Å². The molecule has 0 saturated heterocycles. The summed E-state index contributed by atoms with van der Waals surface area (Å²) in [5.41, 5.74) is -3.65. The number of hydrogen-bond donors (Lipinski definition) is 1. The Morgan fingerprint density at radius 2 is 1.74 bits per heavy atom. The molecule has 0 aromatic carbocycles. The van der Waals surface area contributed by atoms with Crippen LogP contribution in [0, 0.1) is 11.8 Å². The normalized spacial score (nSPS) is 20.3. The maximum Gasteiger partial charge on any atom is 0.435 e. The summed E-state index contributed by atoms with van der Waals surface area (Å²) in [5, 5.41) is 15.8. The number of nitrogens with zero attached hydrogens (tertiary/aromatic N) is 3. The van der Waals surface area contributed by atoms with Crippen molar-refractivity contribution in [3.05, 3.63) is 22.6 Å². The van der Waals surface area contributed by atoms with Crippen molar-refractivity contribution in [3.63, 3.8) is 0 Å². The minimum Gasteiger partial charge on any atom is -0.511 e. The third-order valence-electron chi connectivity index (χ3n) is 6.48. The van der Waals surface area contributed by atoms with E-state index in [0.717, 1.165) is 19.9 Å². The van der Waals surface area contributed by atoms with Crippen molar-refractivity contribution >= 4 is 32.4 Å². The Balaban J connectivity index is 0.000000248. The Morgan fingerprint density at radius 3 is 2.19 bits per heavy atom. The lowest BCUT2D eigenvalue weighted by Crippen LogP contribution is -2.32. The number of carbonyl (C=O) groups excluding carboxylic acids is 3. The molecule has 12 nitrogen and oxygen atoms in total. The van der Waals surface area contributed by atoms with Crippen LogP contribution in [-0.2, 0) is 52.8 Å². The number of aryl methyl sites for hydroxylation is 1. The summed E-state index contributed by atoms with van der Waals surface area (Å²) in [6.07, 6.45) is -3.68. The van der Waals surface area contributed by atoms with Crippen LogP contribution < -0.4 is 4.74 Å². The van der Waals surface area contributed by atoms with Crippen LogP contribution in [0.1, 0.15) is 64.1 Å². The number of halogens is 5. The number of oxime groups is 1. The Hall–Kier alpha value is -3.57. The molecule has 0 atom stereocenters. The van der Waals surface area contributed by atoms with E-state index in [1.807, 2.05) is 0 Å². The molecule has 0 unspecified atom stereocenters. The first-order chi connectivity index (χ1) is 19.8. The van der Waals surface area contributed by atoms with Crippen LogP contribution >= 0.6 is 0 Å². The van der Waals surface area contributed by atoms with Crippen LogP contribution in [-0.4, -0.2) is 64.7 Å². The predicted octanol–water partition coefficient (Wildman–Crippen LogP) is 3.79. The first kappa shape index (κ1) is 33.9. The fraction of sp³-hybridized carbons (Fsp3) is 0.640. The van der Waals surface area contributed by atoms with Gasteiger partial charge in [0.15, 0.2) is 32.1 Å². The van der Waals surface area contributed by atoms with E-state index in [1.165, 1.54) is 13.8 Å². The number of Topliss-reactive ketones (excluding diaryl/α,β-unsaturated/α-hetero) is 2. The zero-order valence-corrected chi connectivity index (χ0v) is 24.4. The first-order valence-electron chi connectivity index (χ1n) is 13.0. The number of aliphatic hydroxyl groups excluding tert-OH is 1. The molecule has 0 radical (unpaired) electrons. The number of carbonyl (C=O) groups is 3. The highest BCUT2D eigenvalue weighted by molar-refractivity contribution is 8.05. The van der Waals surface area contributed by atoms with Gasteiger partial charge in [-0.1, -0.05) is 5.16 Å². The lowest BCUT2D eigenvalue weighted by Gasteiger charge is -2.21. The van der Waals surface area contributed by atoms with Gasteiger partial charge in [-0.25, -0.2) is 13.1 Å². The standard InChI is InChI=1S/C13H16O5.C12H14F5N3O4S/c1-2-18-13(17)8-5-9(14)11(10(15)6-8)12(16)7-3-4-7;1-11(2)4-7(19-24-11)25(21,22)5-6-8(12(15,16)17)18-20(3)9(6)23-10(13)14/h7-8,16H,2-6H2,1H3;10H,4-5H2,1-3H3. The van der Waals surface area contributed by atoms with E-state index in [0.29, 0.717) is 4.68 Å². The van der Waals surface area contributed by atoms with E-state index in [2.05, 4.69) is 15.0 Å². The molecule has 18 heteroatoms. The molecule has 2 saturated carbocycles. The van der Waals surface area contributed by atoms with Crippen molar-refractivity contribution in [2.75, 3.05) is 6.61 Å². The van der Waals surface area contributed by atoms with Gasteiger partial charge in [0.1, 0.15) is 11.4 Å². The minimum absolute atomic E-state index is 0.0351. The smallest absolute Gasteiger partial charge is 0.435 e. The summed E-state index contributed by atoms with van der Waals surface area (Å²) in [6.45, 7) is 1.53. The molecule has 0 spiro atoms. The highest BCUT2D eigenvalue weighted by Crippen LogP contribution is 2.39. The quantitative estimate of drug-likeness (QED) is 0.152. The van der Waals surface area contributed by atoms with Gasteiger partial charge in [-0.05, 0) is 33.6 Å². The van der Waals surface area contributed by atoms with Gasteiger partial charge in [0.25, 0.3) is 0 Å². The van der Waals surface area contributed by atoms with Gasteiger partial charge >= 0.3 is 18.8 Å². The summed E-state index contributed by atoms with van der Waals surface area (Å²) in [7, 11) is -3.43. The second-order valence-electron chi connectivity index (χ2n) is 10.6. The zero-order chi connectivity index (χ0) is 32.5. The summed E-state index contributed by atoms with van der Waals surface area (Å²) >= 11 is 0. The minimum atomic E-state index is -5.06. The second kappa shape index (κ2) is 12.6. The Labute approximate surface area is 242 Å². The number of aliphatic hydroxyl groups is 1. The fourth-order valence-electron chi connectivity index (χ4n) is 4.34. The number of sulfone groups is 1. The van der Waals surface area contributed by atoms with Crippen molar-refractivity contribution < 1.29 is 64.2 Å². The Morgan fingerprint density at radius 1 is 1.16 bits per heavy atom. The number of hydrogen-bond acceptors (Lipinski definition) is 11. The number of rotatable bonds is 7. The molecule has 240 valence electrons. The summed E-state index contributed by atoms with van der Waals surface area (Å²) in [5.74, 6) is -4.42. The summed E-state index contributed by atoms with van der Waals surface area (Å²) < 4.78 is 98.2. The molecule has 1 aromatic heterocycles. The molecule has 4 rings (SSSR count). The highest BCUT2D eigenvalue weighted by atomic mass is 32.2. The number of allylic oxidation sites excluding steroid dienone is 2. The number of esters is 1. The van der Waals surface area contributed by atoms with E-state index in [-0.39, 0.29) is 43.1 Å². The van der Waals surface area contributed by atoms with E-state index >= 15 is 0 Å². The van der Waals surface area contributed by atoms with Crippen molar-refractivity contribution in [1.29, 1.82) is 0 Å². The largest absolute Gasteiger partial charge is 0.511 e. The van der Waals surface area contributed by atoms with Crippen LogP contribution in [0.5, 0.6) is 5.88 Å². The van der Waals surface area contributed by atoms with Crippen LogP contribution in [0.15, 0.2) is 16.5 Å². The number of aromatic nitrogens is 2. The van der Waals surface area contributed by atoms with Crippen molar-refractivity contribution in [2.45, 2.75) is 77.0 Å². The fourth-order valence-corrected chi connectivity index (χ4v) is 5.86. The van der Waals surface area contributed by atoms with Gasteiger partial charge < -0.3 is 19.4 Å². The van der Waals surface area contributed by atoms with Gasteiger partial charge in [0, 0.05) is 32.2 Å². The lowest BCUT2D eigenvalue weighted by atomic mass is 9.82. The molecule has 1 N–H and O–H groups in total. The zero-order valence-electron chi connectivity index (χ0n) is 23.5. The average molecular weight is 644 g/mol. The third-order valence-corrected chi connectivity index (χ3v) is 8.09. The Kier molecular flexibility index (Phi) is 9.92. The SMILES string of the molecule is CCOC(=O)C1CC(=O)C(=C(O)C2CC2)C(=O)C1.Cn1nc(C(F)(F)F)c(CS(=O)(=O)C2=NOC(C)(C)C2)c1OC(F)F. The van der Waals surface area contributed by atoms with E-state index < -0.39 is 79.6 Å². The molecule has 2 fully saturated rings. The number of ether oxygens (including phenoxy) is 2. The van der Waals surface area contributed by atoms with Crippen LogP contribution in [0.25, 0.3) is 0 Å². The van der Waals surface area contributed by atoms with Crippen molar-refractivity contribution in [3.8, 4) is 5.88 Å². The van der Waals surface area contributed by atoms with Crippen molar-refractivity contribution in [1.82, 2.24) is 9.78 Å². The van der Waals surface area contributed by atoms with Gasteiger partial charge in [-0.2, -0.15) is 27.1 Å². The van der Waals surface area contributed by atoms with Crippen molar-refractivity contribution in [2.24, 2.45) is 24.0 Å². The molecule has 2 heterocycles. The maximum atomic E-state index is 13.1. The Bertz CT molecular complexity index is 1420. The number of alkyl halides is 5. The second-order valence-corrected chi connectivity index (χ2v) is 12.6. The third kappa shape index (κ3) is 8.29. The molecule has 3 aliphatic rings.